The molecule has 0 radical (unpaired) electrons. The summed E-state index contributed by atoms with van der Waals surface area (Å²) in [5, 5.41) is 8.81. The largest absolute Gasteiger partial charge is 0.465 e. The molecular formula is C10H15NO5. The minimum Gasteiger partial charge on any atom is -0.465 e. The number of nitrogens with zero attached hydrogens (tertiary/aromatic N) is 1. The molecule has 16 heavy (non-hydrogen) atoms. The molecule has 1 saturated heterocycles. The Labute approximate surface area is 93.2 Å². The van der Waals surface area contributed by atoms with Crippen LogP contribution in [0.2, 0.25) is 0 Å². The van der Waals surface area contributed by atoms with Gasteiger partial charge in [0.15, 0.2) is 11.8 Å². The maximum Gasteiger partial charge on any atom is 0.408 e. The predicted octanol–water partition coefficient (Wildman–Crippen LogP) is 0.650. The van der Waals surface area contributed by atoms with Crippen molar-refractivity contribution in [3.05, 3.63) is 0 Å². The van der Waals surface area contributed by atoms with Gasteiger partial charge in [0.2, 0.25) is 0 Å². The molecule has 0 saturated carbocycles. The van der Waals surface area contributed by atoms with E-state index in [4.69, 9.17) is 9.84 Å². The molecule has 90 valence electrons. The van der Waals surface area contributed by atoms with E-state index in [1.807, 2.05) is 0 Å². The summed E-state index contributed by atoms with van der Waals surface area (Å²) in [5.74, 6) is -1.20. The second-order valence-electron chi connectivity index (χ2n) is 4.63. The van der Waals surface area contributed by atoms with Crippen LogP contribution in [0, 0.1) is 0 Å². The molecule has 0 bridgehead atoms. The number of carbonyl (C=O) groups excluding carboxylic acids is 2. The number of ether oxygens (including phenoxy) is 1. The first kappa shape index (κ1) is 12.5. The highest BCUT2D eigenvalue weighted by atomic mass is 16.6. The van der Waals surface area contributed by atoms with Crippen molar-refractivity contribution < 1.29 is 24.2 Å². The van der Waals surface area contributed by atoms with Crippen LogP contribution in [0.15, 0.2) is 0 Å². The third-order valence-corrected chi connectivity index (χ3v) is 2.09. The van der Waals surface area contributed by atoms with Crippen LogP contribution in [0.1, 0.15) is 27.2 Å². The molecule has 1 fully saturated rings. The summed E-state index contributed by atoms with van der Waals surface area (Å²) in [6.07, 6.45) is -1.21. The van der Waals surface area contributed by atoms with Crippen LogP contribution in [0.4, 0.5) is 4.79 Å². The van der Waals surface area contributed by atoms with Crippen LogP contribution >= 0.6 is 0 Å². The quantitative estimate of drug-likeness (QED) is 0.527. The van der Waals surface area contributed by atoms with E-state index < -0.39 is 29.5 Å². The van der Waals surface area contributed by atoms with Crippen LogP contribution < -0.4 is 0 Å². The lowest BCUT2D eigenvalue weighted by Gasteiger charge is -2.24. The summed E-state index contributed by atoms with van der Waals surface area (Å²) in [7, 11) is 0. The summed E-state index contributed by atoms with van der Waals surface area (Å²) in [5.41, 5.74) is -0.732. The monoisotopic (exact) mass is 229 g/mol. The summed E-state index contributed by atoms with van der Waals surface area (Å²) in [6, 6.07) is -1.29. The lowest BCUT2D eigenvalue weighted by Crippen LogP contribution is -2.45. The minimum absolute atomic E-state index is 0.0536. The molecule has 1 rings (SSSR count). The van der Waals surface area contributed by atoms with E-state index in [-0.39, 0.29) is 13.0 Å². The molecular weight excluding hydrogens is 214 g/mol. The molecule has 1 N–H and O–H groups in total. The van der Waals surface area contributed by atoms with Gasteiger partial charge < -0.3 is 9.84 Å². The van der Waals surface area contributed by atoms with E-state index in [0.29, 0.717) is 0 Å². The van der Waals surface area contributed by atoms with Crippen LogP contribution in [-0.2, 0) is 14.3 Å². The van der Waals surface area contributed by atoms with Gasteiger partial charge >= 0.3 is 12.1 Å². The van der Waals surface area contributed by atoms with Gasteiger partial charge in [0.1, 0.15) is 5.60 Å². The molecule has 1 atom stereocenters. The number of carboxylic acid groups (broad SMARTS) is 1. The SMILES string of the molecule is CC(C)(C)OC(=O)C1C(=O)CCN1C(=O)O. The van der Waals surface area contributed by atoms with Crippen LogP contribution in [0.3, 0.4) is 0 Å². The highest BCUT2D eigenvalue weighted by molar-refractivity contribution is 6.07. The molecule has 0 spiro atoms. The molecule has 0 aliphatic carbocycles. The Balaban J connectivity index is 2.80. The van der Waals surface area contributed by atoms with Crippen molar-refractivity contribution in [1.29, 1.82) is 0 Å². The van der Waals surface area contributed by atoms with E-state index >= 15 is 0 Å². The van der Waals surface area contributed by atoms with Crippen LogP contribution in [0.25, 0.3) is 0 Å². The number of amides is 1. The number of hydrogen-bond acceptors (Lipinski definition) is 4. The zero-order valence-electron chi connectivity index (χ0n) is 9.52. The van der Waals surface area contributed by atoms with Crippen molar-refractivity contribution in [2.45, 2.75) is 38.8 Å². The number of rotatable bonds is 1. The van der Waals surface area contributed by atoms with Gasteiger partial charge in [0.05, 0.1) is 0 Å². The third-order valence-electron chi connectivity index (χ3n) is 2.09. The second-order valence-corrected chi connectivity index (χ2v) is 4.63. The van der Waals surface area contributed by atoms with Gasteiger partial charge in [0, 0.05) is 13.0 Å². The normalized spacial score (nSPS) is 21.1. The lowest BCUT2D eigenvalue weighted by molar-refractivity contribution is -0.161. The highest BCUT2D eigenvalue weighted by Gasteiger charge is 2.43. The van der Waals surface area contributed by atoms with Gasteiger partial charge in [0.25, 0.3) is 0 Å². The average Bonchev–Trinajstić information content (AvgIpc) is 2.43. The zero-order valence-corrected chi connectivity index (χ0v) is 9.52. The van der Waals surface area contributed by atoms with Crippen molar-refractivity contribution in [2.24, 2.45) is 0 Å². The molecule has 1 unspecified atom stereocenters. The Morgan fingerprint density at radius 2 is 2.00 bits per heavy atom. The summed E-state index contributed by atoms with van der Waals surface area (Å²) >= 11 is 0. The number of Topliss-reactive ketones (excluding diaryl/α,β-unsaturated/α-hetero) is 1. The van der Waals surface area contributed by atoms with Crippen molar-refractivity contribution in [3.8, 4) is 0 Å². The summed E-state index contributed by atoms with van der Waals surface area (Å²) in [4.78, 5) is 34.7. The first-order chi connectivity index (χ1) is 7.22. The fourth-order valence-corrected chi connectivity index (χ4v) is 1.49. The molecule has 1 aliphatic rings. The first-order valence-electron chi connectivity index (χ1n) is 4.97. The fraction of sp³-hybridized carbons (Fsp3) is 0.700. The smallest absolute Gasteiger partial charge is 0.408 e. The van der Waals surface area contributed by atoms with Gasteiger partial charge in [-0.25, -0.2) is 9.59 Å². The lowest BCUT2D eigenvalue weighted by atomic mass is 10.1. The predicted molar refractivity (Wildman–Crippen MR) is 54.0 cm³/mol. The zero-order chi connectivity index (χ0) is 12.5. The Morgan fingerprint density at radius 1 is 1.44 bits per heavy atom. The summed E-state index contributed by atoms with van der Waals surface area (Å²) < 4.78 is 5.01. The van der Waals surface area contributed by atoms with E-state index in [9.17, 15) is 14.4 Å². The Morgan fingerprint density at radius 3 is 2.44 bits per heavy atom. The van der Waals surface area contributed by atoms with E-state index in [0.717, 1.165) is 4.90 Å². The van der Waals surface area contributed by atoms with Crippen LogP contribution in [-0.4, -0.2) is 46.0 Å². The molecule has 1 aliphatic heterocycles. The van der Waals surface area contributed by atoms with Crippen molar-refractivity contribution in [3.63, 3.8) is 0 Å². The van der Waals surface area contributed by atoms with Gasteiger partial charge in [-0.2, -0.15) is 0 Å². The molecule has 6 nitrogen and oxygen atoms in total. The van der Waals surface area contributed by atoms with E-state index in [2.05, 4.69) is 0 Å². The number of esters is 1. The molecule has 0 aromatic carbocycles. The number of carbonyl (C=O) groups is 3. The molecule has 6 heteroatoms. The van der Waals surface area contributed by atoms with Crippen molar-refractivity contribution in [2.75, 3.05) is 6.54 Å². The maximum atomic E-state index is 11.6. The maximum absolute atomic E-state index is 11.6. The number of ketones is 1. The van der Waals surface area contributed by atoms with Gasteiger partial charge in [-0.05, 0) is 20.8 Å². The fourth-order valence-electron chi connectivity index (χ4n) is 1.49. The third kappa shape index (κ3) is 2.71. The molecule has 0 aromatic rings. The van der Waals surface area contributed by atoms with E-state index in [1.54, 1.807) is 20.8 Å². The van der Waals surface area contributed by atoms with Gasteiger partial charge in [-0.15, -0.1) is 0 Å². The van der Waals surface area contributed by atoms with Crippen LogP contribution in [0.5, 0.6) is 0 Å². The standard InChI is InChI=1S/C10H15NO5/c1-10(2,3)16-8(13)7-6(12)4-5-11(7)9(14)15/h7H,4-5H2,1-3H3,(H,14,15). The number of likely N-dealkylation sites (tertiary alicyclic amines) is 1. The second kappa shape index (κ2) is 4.11. The van der Waals surface area contributed by atoms with Crippen molar-refractivity contribution in [1.82, 2.24) is 4.90 Å². The summed E-state index contributed by atoms with van der Waals surface area (Å²) in [6.45, 7) is 5.04. The van der Waals surface area contributed by atoms with E-state index in [1.165, 1.54) is 0 Å². The average molecular weight is 229 g/mol. The Hall–Kier alpha value is -1.59. The Kier molecular flexibility index (Phi) is 3.21. The first-order valence-corrected chi connectivity index (χ1v) is 4.97. The topological polar surface area (TPSA) is 83.9 Å². The minimum atomic E-state index is -1.29. The molecule has 1 amide bonds. The highest BCUT2D eigenvalue weighted by Crippen LogP contribution is 2.18. The van der Waals surface area contributed by atoms with Crippen molar-refractivity contribution >= 4 is 17.8 Å². The van der Waals surface area contributed by atoms with Gasteiger partial charge in [-0.3, -0.25) is 9.69 Å². The molecule has 1 heterocycles. The molecule has 0 aromatic heterocycles. The number of hydrogen-bond donors (Lipinski definition) is 1. The Bertz CT molecular complexity index is 331. The van der Waals surface area contributed by atoms with Gasteiger partial charge in [-0.1, -0.05) is 0 Å².